The standard InChI is InChI=1S/C16H25N3OS/c1-4-10-17-14(9-5-7-13-8-6-11-21-13)16-15(20-3)12-18-19(16)2/h6,8,11-12,14,17H,4-5,7,9-10H2,1-3H3. The van der Waals surface area contributed by atoms with Crippen LogP contribution in [0.1, 0.15) is 42.8 Å². The molecule has 5 heteroatoms. The normalized spacial score (nSPS) is 12.5. The first-order valence-corrected chi connectivity index (χ1v) is 8.45. The van der Waals surface area contributed by atoms with Gasteiger partial charge in [-0.15, -0.1) is 11.3 Å². The SMILES string of the molecule is CCCNC(CCCc1cccs1)c1c(OC)cnn1C. The molecule has 0 saturated heterocycles. The van der Waals surface area contributed by atoms with E-state index < -0.39 is 0 Å². The molecule has 0 saturated carbocycles. The Balaban J connectivity index is 2.01. The van der Waals surface area contributed by atoms with Crippen LogP contribution < -0.4 is 10.1 Å². The van der Waals surface area contributed by atoms with Gasteiger partial charge in [0.1, 0.15) is 0 Å². The molecule has 0 aliphatic rings. The van der Waals surface area contributed by atoms with Gasteiger partial charge in [-0.25, -0.2) is 0 Å². The molecule has 0 amide bonds. The minimum atomic E-state index is 0.298. The van der Waals surface area contributed by atoms with Crippen LogP contribution in [0.5, 0.6) is 5.75 Å². The van der Waals surface area contributed by atoms with E-state index >= 15 is 0 Å². The average Bonchev–Trinajstić information content (AvgIpc) is 3.12. The number of nitrogens with one attached hydrogen (secondary N) is 1. The van der Waals surface area contributed by atoms with Gasteiger partial charge in [0.15, 0.2) is 5.75 Å². The van der Waals surface area contributed by atoms with Gasteiger partial charge in [0, 0.05) is 11.9 Å². The zero-order chi connectivity index (χ0) is 15.1. The third-order valence-electron chi connectivity index (χ3n) is 3.64. The second-order valence-electron chi connectivity index (χ2n) is 5.20. The van der Waals surface area contributed by atoms with Gasteiger partial charge >= 0.3 is 0 Å². The topological polar surface area (TPSA) is 39.1 Å². The van der Waals surface area contributed by atoms with Crippen LogP contribution in [0.4, 0.5) is 0 Å². The van der Waals surface area contributed by atoms with E-state index in [1.165, 1.54) is 4.88 Å². The van der Waals surface area contributed by atoms with Crippen molar-refractivity contribution < 1.29 is 4.74 Å². The lowest BCUT2D eigenvalue weighted by molar-refractivity contribution is 0.385. The van der Waals surface area contributed by atoms with Crippen LogP contribution in [0.2, 0.25) is 0 Å². The van der Waals surface area contributed by atoms with Crippen molar-refractivity contribution in [3.63, 3.8) is 0 Å². The predicted octanol–water partition coefficient (Wildman–Crippen LogP) is 3.55. The first-order valence-electron chi connectivity index (χ1n) is 7.58. The average molecular weight is 307 g/mol. The molecule has 1 atom stereocenters. The molecule has 0 spiro atoms. The van der Waals surface area contributed by atoms with Crippen LogP contribution in [0.25, 0.3) is 0 Å². The van der Waals surface area contributed by atoms with Gasteiger partial charge in [-0.2, -0.15) is 5.10 Å². The molecule has 2 rings (SSSR count). The molecule has 0 aromatic carbocycles. The Morgan fingerprint density at radius 2 is 2.33 bits per heavy atom. The number of hydrogen-bond donors (Lipinski definition) is 1. The van der Waals surface area contributed by atoms with Crippen molar-refractivity contribution in [3.05, 3.63) is 34.3 Å². The maximum Gasteiger partial charge on any atom is 0.161 e. The largest absolute Gasteiger partial charge is 0.493 e. The van der Waals surface area contributed by atoms with Gasteiger partial charge in [-0.3, -0.25) is 4.68 Å². The van der Waals surface area contributed by atoms with Crippen molar-refractivity contribution in [2.75, 3.05) is 13.7 Å². The molecule has 0 aliphatic carbocycles. The molecule has 4 nitrogen and oxygen atoms in total. The lowest BCUT2D eigenvalue weighted by Crippen LogP contribution is -2.25. The summed E-state index contributed by atoms with van der Waals surface area (Å²) in [5.41, 5.74) is 1.15. The number of thiophene rings is 1. The van der Waals surface area contributed by atoms with Crippen molar-refractivity contribution in [2.24, 2.45) is 7.05 Å². The quantitative estimate of drug-likeness (QED) is 0.770. The van der Waals surface area contributed by atoms with Crippen molar-refractivity contribution in [2.45, 2.75) is 38.6 Å². The Morgan fingerprint density at radius 1 is 1.48 bits per heavy atom. The van der Waals surface area contributed by atoms with Crippen LogP contribution in [0.15, 0.2) is 23.7 Å². The van der Waals surface area contributed by atoms with Gasteiger partial charge in [0.2, 0.25) is 0 Å². The molecule has 1 unspecified atom stereocenters. The van der Waals surface area contributed by atoms with Crippen molar-refractivity contribution in [3.8, 4) is 5.75 Å². The van der Waals surface area contributed by atoms with E-state index in [-0.39, 0.29) is 0 Å². The number of rotatable bonds is 9. The summed E-state index contributed by atoms with van der Waals surface area (Å²) >= 11 is 1.84. The molecule has 0 fully saturated rings. The first kappa shape index (κ1) is 16.0. The fourth-order valence-corrected chi connectivity index (χ4v) is 3.32. The summed E-state index contributed by atoms with van der Waals surface area (Å²) in [6.07, 6.45) is 6.32. The van der Waals surface area contributed by atoms with Crippen molar-refractivity contribution in [1.29, 1.82) is 0 Å². The Bertz CT molecular complexity index is 522. The first-order chi connectivity index (χ1) is 10.3. The minimum Gasteiger partial charge on any atom is -0.493 e. The zero-order valence-electron chi connectivity index (χ0n) is 13.1. The molecule has 1 N–H and O–H groups in total. The zero-order valence-corrected chi connectivity index (χ0v) is 13.9. The summed E-state index contributed by atoms with van der Waals surface area (Å²) in [6.45, 7) is 3.20. The van der Waals surface area contributed by atoms with Gasteiger partial charge in [0.05, 0.1) is 25.0 Å². The highest BCUT2D eigenvalue weighted by Gasteiger charge is 2.19. The molecule has 0 radical (unpaired) electrons. The molecule has 116 valence electrons. The maximum atomic E-state index is 5.46. The van der Waals surface area contributed by atoms with Crippen LogP contribution in [0.3, 0.4) is 0 Å². The van der Waals surface area contributed by atoms with Crippen molar-refractivity contribution >= 4 is 11.3 Å². The number of hydrogen-bond acceptors (Lipinski definition) is 4. The van der Waals surface area contributed by atoms with Crippen LogP contribution in [-0.4, -0.2) is 23.4 Å². The number of aromatic nitrogens is 2. The second-order valence-corrected chi connectivity index (χ2v) is 6.23. The van der Waals surface area contributed by atoms with E-state index in [0.717, 1.165) is 43.7 Å². The lowest BCUT2D eigenvalue weighted by atomic mass is 10.0. The number of methoxy groups -OCH3 is 1. The molecule has 0 bridgehead atoms. The molecule has 2 aromatic rings. The van der Waals surface area contributed by atoms with Crippen LogP contribution in [0, 0.1) is 0 Å². The van der Waals surface area contributed by atoms with Gasteiger partial charge in [-0.1, -0.05) is 13.0 Å². The summed E-state index contributed by atoms with van der Waals surface area (Å²) in [7, 11) is 3.70. The molecule has 2 aromatic heterocycles. The lowest BCUT2D eigenvalue weighted by Gasteiger charge is -2.20. The summed E-state index contributed by atoms with van der Waals surface area (Å²) in [5.74, 6) is 0.877. The fourth-order valence-electron chi connectivity index (χ4n) is 2.57. The van der Waals surface area contributed by atoms with Crippen LogP contribution >= 0.6 is 11.3 Å². The summed E-state index contributed by atoms with van der Waals surface area (Å²) < 4.78 is 7.39. The van der Waals surface area contributed by atoms with E-state index in [4.69, 9.17) is 4.74 Å². The van der Waals surface area contributed by atoms with Gasteiger partial charge < -0.3 is 10.1 Å². The van der Waals surface area contributed by atoms with Gasteiger partial charge in [-0.05, 0) is 43.7 Å². The molecule has 2 heterocycles. The number of nitrogens with zero attached hydrogens (tertiary/aromatic N) is 2. The minimum absolute atomic E-state index is 0.298. The summed E-state index contributed by atoms with van der Waals surface area (Å²) in [5, 5.41) is 10.1. The van der Waals surface area contributed by atoms with E-state index in [0.29, 0.717) is 6.04 Å². The maximum absolute atomic E-state index is 5.46. The van der Waals surface area contributed by atoms with E-state index in [9.17, 15) is 0 Å². The van der Waals surface area contributed by atoms with E-state index in [2.05, 4.69) is 34.9 Å². The Hall–Kier alpha value is -1.33. The van der Waals surface area contributed by atoms with Gasteiger partial charge in [0.25, 0.3) is 0 Å². The van der Waals surface area contributed by atoms with E-state index in [1.54, 1.807) is 13.3 Å². The Morgan fingerprint density at radius 3 is 3.00 bits per heavy atom. The summed E-state index contributed by atoms with van der Waals surface area (Å²) in [4.78, 5) is 1.46. The molecular weight excluding hydrogens is 282 g/mol. The second kappa shape index (κ2) is 8.20. The molecule has 0 aliphatic heterocycles. The number of aryl methyl sites for hydroxylation is 2. The van der Waals surface area contributed by atoms with Crippen LogP contribution in [-0.2, 0) is 13.5 Å². The smallest absolute Gasteiger partial charge is 0.161 e. The molecular formula is C16H25N3OS. The van der Waals surface area contributed by atoms with Crippen molar-refractivity contribution in [1.82, 2.24) is 15.1 Å². The predicted molar refractivity (Wildman–Crippen MR) is 88.1 cm³/mol. The fraction of sp³-hybridized carbons (Fsp3) is 0.562. The monoisotopic (exact) mass is 307 g/mol. The molecule has 21 heavy (non-hydrogen) atoms. The Kier molecular flexibility index (Phi) is 6.26. The Labute approximate surface area is 131 Å². The summed E-state index contributed by atoms with van der Waals surface area (Å²) in [6, 6.07) is 4.63. The third-order valence-corrected chi connectivity index (χ3v) is 4.57. The third kappa shape index (κ3) is 4.32. The highest BCUT2D eigenvalue weighted by molar-refractivity contribution is 7.09. The highest BCUT2D eigenvalue weighted by Crippen LogP contribution is 2.28. The number of ether oxygens (including phenoxy) is 1. The van der Waals surface area contributed by atoms with E-state index in [1.807, 2.05) is 23.1 Å². The highest BCUT2D eigenvalue weighted by atomic mass is 32.1.